The zero-order valence-corrected chi connectivity index (χ0v) is 11.8. The van der Waals surface area contributed by atoms with E-state index < -0.39 is 12.1 Å². The van der Waals surface area contributed by atoms with Crippen molar-refractivity contribution in [3.05, 3.63) is 29.8 Å². The first-order valence-electron chi connectivity index (χ1n) is 6.61. The largest absolute Gasteiger partial charge is 0.481 e. The zero-order chi connectivity index (χ0) is 14.4. The Morgan fingerprint density at radius 2 is 1.84 bits per heavy atom. The van der Waals surface area contributed by atoms with Crippen LogP contribution in [0.4, 0.5) is 5.69 Å². The Morgan fingerprint density at radius 3 is 2.32 bits per heavy atom. The van der Waals surface area contributed by atoms with Gasteiger partial charge in [0.25, 0.3) is 0 Å². The highest BCUT2D eigenvalue weighted by atomic mass is 16.4. The molecule has 1 unspecified atom stereocenters. The van der Waals surface area contributed by atoms with Gasteiger partial charge < -0.3 is 15.1 Å². The monoisotopic (exact) mass is 265 g/mol. The molecule has 1 rings (SSSR count). The van der Waals surface area contributed by atoms with E-state index in [0.717, 1.165) is 5.69 Å². The van der Waals surface area contributed by atoms with Crippen molar-refractivity contribution in [2.24, 2.45) is 0 Å². The third-order valence-electron chi connectivity index (χ3n) is 3.18. The number of carboxylic acid groups (broad SMARTS) is 1. The molecule has 0 radical (unpaired) electrons. The van der Waals surface area contributed by atoms with Crippen LogP contribution in [0.1, 0.15) is 38.2 Å². The van der Waals surface area contributed by atoms with Gasteiger partial charge in [0.1, 0.15) is 0 Å². The second kappa shape index (κ2) is 7.14. The first-order valence-corrected chi connectivity index (χ1v) is 6.61. The number of anilines is 1. The fourth-order valence-electron chi connectivity index (χ4n) is 1.92. The van der Waals surface area contributed by atoms with Crippen LogP contribution in [-0.4, -0.2) is 35.9 Å². The molecule has 0 amide bonds. The molecule has 0 saturated carbocycles. The Labute approximate surface area is 114 Å². The van der Waals surface area contributed by atoms with Gasteiger partial charge in [-0.15, -0.1) is 0 Å². The number of carbonyl (C=O) groups is 1. The summed E-state index contributed by atoms with van der Waals surface area (Å²) in [7, 11) is 1.90. The maximum atomic E-state index is 10.4. The van der Waals surface area contributed by atoms with E-state index in [1.165, 1.54) is 5.56 Å². The average Bonchev–Trinajstić information content (AvgIpc) is 2.36. The van der Waals surface area contributed by atoms with E-state index in [4.69, 9.17) is 5.11 Å². The maximum Gasteiger partial charge on any atom is 0.303 e. The highest BCUT2D eigenvalue weighted by Gasteiger charge is 2.11. The summed E-state index contributed by atoms with van der Waals surface area (Å²) in [5.74, 6) is -0.372. The Morgan fingerprint density at radius 1 is 1.26 bits per heavy atom. The minimum absolute atomic E-state index is 0.00128. The summed E-state index contributed by atoms with van der Waals surface area (Å²) in [6, 6.07) is 8.22. The first kappa shape index (κ1) is 15.5. The number of hydrogen-bond donors (Lipinski definition) is 2. The Balaban J connectivity index is 2.52. The number of hydrogen-bond acceptors (Lipinski definition) is 3. The van der Waals surface area contributed by atoms with Gasteiger partial charge >= 0.3 is 5.97 Å². The summed E-state index contributed by atoms with van der Waals surface area (Å²) in [5.41, 5.74) is 2.31. The van der Waals surface area contributed by atoms with Crippen LogP contribution in [0.2, 0.25) is 0 Å². The molecule has 106 valence electrons. The first-order chi connectivity index (χ1) is 8.90. The van der Waals surface area contributed by atoms with Crippen LogP contribution in [0.25, 0.3) is 0 Å². The molecular formula is C15H23NO3. The van der Waals surface area contributed by atoms with Crippen LogP contribution in [0, 0.1) is 0 Å². The minimum Gasteiger partial charge on any atom is -0.481 e. The van der Waals surface area contributed by atoms with E-state index in [1.807, 2.05) is 24.1 Å². The molecule has 1 aromatic carbocycles. The number of aliphatic hydroxyl groups excluding tert-OH is 1. The zero-order valence-electron chi connectivity index (χ0n) is 11.8. The number of likely N-dealkylation sites (N-methyl/N-ethyl adjacent to an activating group) is 1. The smallest absolute Gasteiger partial charge is 0.303 e. The lowest BCUT2D eigenvalue weighted by Gasteiger charge is -2.23. The van der Waals surface area contributed by atoms with Crippen LogP contribution in [0.3, 0.4) is 0 Å². The average molecular weight is 265 g/mol. The molecule has 0 bridgehead atoms. The number of nitrogens with zero attached hydrogens (tertiary/aromatic N) is 1. The predicted molar refractivity (Wildman–Crippen MR) is 76.7 cm³/mol. The van der Waals surface area contributed by atoms with Gasteiger partial charge in [0.15, 0.2) is 0 Å². The molecule has 1 aromatic rings. The second-order valence-electron chi connectivity index (χ2n) is 5.21. The SMILES string of the molecule is CC(C)c1ccc(N(C)CC(O)CCC(=O)O)cc1. The van der Waals surface area contributed by atoms with Gasteiger partial charge in [0.05, 0.1) is 6.10 Å². The molecule has 0 aliphatic carbocycles. The van der Waals surface area contributed by atoms with Gasteiger partial charge in [0, 0.05) is 25.7 Å². The highest BCUT2D eigenvalue weighted by molar-refractivity contribution is 5.66. The number of benzene rings is 1. The third-order valence-corrected chi connectivity index (χ3v) is 3.18. The van der Waals surface area contributed by atoms with Gasteiger partial charge in [-0.2, -0.15) is 0 Å². The molecule has 0 spiro atoms. The summed E-state index contributed by atoms with van der Waals surface area (Å²) in [5, 5.41) is 18.3. The highest BCUT2D eigenvalue weighted by Crippen LogP contribution is 2.19. The second-order valence-corrected chi connectivity index (χ2v) is 5.21. The molecule has 0 aliphatic rings. The fraction of sp³-hybridized carbons (Fsp3) is 0.533. The van der Waals surface area contributed by atoms with Crippen LogP contribution in [0.5, 0.6) is 0 Å². The summed E-state index contributed by atoms with van der Waals surface area (Å²) in [6.07, 6.45) is -0.337. The Bertz CT molecular complexity index is 400. The molecule has 0 saturated heterocycles. The van der Waals surface area contributed by atoms with E-state index in [-0.39, 0.29) is 12.8 Å². The van der Waals surface area contributed by atoms with Gasteiger partial charge in [0.2, 0.25) is 0 Å². The van der Waals surface area contributed by atoms with E-state index in [0.29, 0.717) is 12.5 Å². The number of aliphatic carboxylic acids is 1. The van der Waals surface area contributed by atoms with Crippen molar-refractivity contribution in [2.75, 3.05) is 18.5 Å². The predicted octanol–water partition coefficient (Wildman–Crippen LogP) is 2.47. The van der Waals surface area contributed by atoms with Crippen LogP contribution in [-0.2, 0) is 4.79 Å². The summed E-state index contributed by atoms with van der Waals surface area (Å²) >= 11 is 0. The van der Waals surface area contributed by atoms with Crippen molar-refractivity contribution < 1.29 is 15.0 Å². The Hall–Kier alpha value is -1.55. The molecule has 0 aromatic heterocycles. The van der Waals surface area contributed by atoms with E-state index in [1.54, 1.807) is 0 Å². The number of carboxylic acids is 1. The fourth-order valence-corrected chi connectivity index (χ4v) is 1.92. The molecule has 1 atom stereocenters. The molecule has 0 fully saturated rings. The molecule has 4 nitrogen and oxygen atoms in total. The van der Waals surface area contributed by atoms with E-state index >= 15 is 0 Å². The van der Waals surface area contributed by atoms with Crippen LogP contribution >= 0.6 is 0 Å². The molecule has 4 heteroatoms. The van der Waals surface area contributed by atoms with Crippen LogP contribution in [0.15, 0.2) is 24.3 Å². The lowest BCUT2D eigenvalue weighted by molar-refractivity contribution is -0.137. The minimum atomic E-state index is -0.872. The van der Waals surface area contributed by atoms with E-state index in [9.17, 15) is 9.90 Å². The van der Waals surface area contributed by atoms with Crippen molar-refractivity contribution in [3.8, 4) is 0 Å². The van der Waals surface area contributed by atoms with Crippen molar-refractivity contribution in [2.45, 2.75) is 38.7 Å². The third kappa shape index (κ3) is 5.30. The molecule has 2 N–H and O–H groups in total. The Kier molecular flexibility index (Phi) is 5.83. The quantitative estimate of drug-likeness (QED) is 0.795. The summed E-state index contributed by atoms with van der Waals surface area (Å²) in [6.45, 7) is 4.73. The number of rotatable bonds is 7. The van der Waals surface area contributed by atoms with Gasteiger partial charge in [-0.25, -0.2) is 0 Å². The van der Waals surface area contributed by atoms with Crippen molar-refractivity contribution in [3.63, 3.8) is 0 Å². The maximum absolute atomic E-state index is 10.4. The van der Waals surface area contributed by atoms with Gasteiger partial charge in [-0.05, 0) is 30.0 Å². The molecule has 0 aliphatic heterocycles. The summed E-state index contributed by atoms with van der Waals surface area (Å²) < 4.78 is 0. The van der Waals surface area contributed by atoms with Crippen LogP contribution < -0.4 is 4.90 Å². The standard InChI is InChI=1S/C15H23NO3/c1-11(2)12-4-6-13(7-5-12)16(3)10-14(17)8-9-15(18)19/h4-7,11,14,17H,8-10H2,1-3H3,(H,18,19). The lowest BCUT2D eigenvalue weighted by Crippen LogP contribution is -2.29. The molecule has 19 heavy (non-hydrogen) atoms. The normalized spacial score (nSPS) is 12.5. The molecule has 0 heterocycles. The van der Waals surface area contributed by atoms with Crippen molar-refractivity contribution in [1.82, 2.24) is 0 Å². The number of aliphatic hydroxyl groups is 1. The van der Waals surface area contributed by atoms with Gasteiger partial charge in [-0.1, -0.05) is 26.0 Å². The topological polar surface area (TPSA) is 60.8 Å². The van der Waals surface area contributed by atoms with Crippen molar-refractivity contribution >= 4 is 11.7 Å². The van der Waals surface area contributed by atoms with Gasteiger partial charge in [-0.3, -0.25) is 4.79 Å². The molecular weight excluding hydrogens is 242 g/mol. The van der Waals surface area contributed by atoms with Crippen molar-refractivity contribution in [1.29, 1.82) is 0 Å². The van der Waals surface area contributed by atoms with E-state index in [2.05, 4.69) is 26.0 Å². The lowest BCUT2D eigenvalue weighted by atomic mass is 10.0. The summed E-state index contributed by atoms with van der Waals surface area (Å²) in [4.78, 5) is 12.4.